The van der Waals surface area contributed by atoms with Crippen LogP contribution in [-0.4, -0.2) is 54.7 Å². The van der Waals surface area contributed by atoms with Crippen LogP contribution in [0.2, 0.25) is 0 Å². The number of esters is 1. The van der Waals surface area contributed by atoms with E-state index >= 15 is 0 Å². The Labute approximate surface area is 177 Å². The highest BCUT2D eigenvalue weighted by Crippen LogP contribution is 2.29. The fourth-order valence-electron chi connectivity index (χ4n) is 3.53. The molecule has 0 aromatic heterocycles. The lowest BCUT2D eigenvalue weighted by atomic mass is 10.1. The highest BCUT2D eigenvalue weighted by Gasteiger charge is 2.25. The first-order chi connectivity index (χ1) is 14.6. The molecule has 1 heterocycles. The van der Waals surface area contributed by atoms with Crippen molar-refractivity contribution in [3.63, 3.8) is 0 Å². The van der Waals surface area contributed by atoms with Crippen LogP contribution in [0, 0.1) is 0 Å². The van der Waals surface area contributed by atoms with Crippen LogP contribution in [0.15, 0.2) is 48.5 Å². The van der Waals surface area contributed by atoms with Crippen molar-refractivity contribution in [1.82, 2.24) is 10.0 Å². The molecular formula is C23H29N3O4. The summed E-state index contributed by atoms with van der Waals surface area (Å²) in [6.45, 7) is 6.97. The molecule has 0 saturated carbocycles. The second kappa shape index (κ2) is 10.8. The number of anilines is 1. The molecule has 1 aliphatic rings. The maximum absolute atomic E-state index is 12.9. The summed E-state index contributed by atoms with van der Waals surface area (Å²) in [6, 6.07) is 15.3. The second-order valence-corrected chi connectivity index (χ2v) is 7.00. The molecule has 0 atom stereocenters. The van der Waals surface area contributed by atoms with Gasteiger partial charge in [0.2, 0.25) is 5.91 Å². The summed E-state index contributed by atoms with van der Waals surface area (Å²) in [5, 5.41) is 7.12. The van der Waals surface area contributed by atoms with E-state index in [-0.39, 0.29) is 19.1 Å². The number of nitrogens with zero attached hydrogens (tertiary/aromatic N) is 2. The van der Waals surface area contributed by atoms with Crippen molar-refractivity contribution in [3.8, 4) is 5.75 Å². The Hall–Kier alpha value is -2.90. The summed E-state index contributed by atoms with van der Waals surface area (Å²) >= 11 is 0. The average molecular weight is 412 g/mol. The fraction of sp³-hybridized carbons (Fsp3) is 0.391. The Morgan fingerprint density at radius 2 is 1.73 bits per heavy atom. The van der Waals surface area contributed by atoms with Gasteiger partial charge in [0.25, 0.3) is 0 Å². The van der Waals surface area contributed by atoms with Gasteiger partial charge in [-0.3, -0.25) is 4.79 Å². The maximum atomic E-state index is 12.9. The van der Waals surface area contributed by atoms with E-state index in [1.165, 1.54) is 5.56 Å². The lowest BCUT2D eigenvalue weighted by Gasteiger charge is -2.27. The highest BCUT2D eigenvalue weighted by molar-refractivity contribution is 6.03. The van der Waals surface area contributed by atoms with Gasteiger partial charge in [0, 0.05) is 19.6 Å². The molecular weight excluding hydrogens is 382 g/mol. The largest absolute Gasteiger partial charge is 0.492 e. The molecule has 7 heteroatoms. The van der Waals surface area contributed by atoms with Gasteiger partial charge in [0.1, 0.15) is 5.75 Å². The molecule has 0 unspecified atom stereocenters. The first-order valence-corrected chi connectivity index (χ1v) is 10.4. The molecule has 1 aliphatic heterocycles. The zero-order chi connectivity index (χ0) is 21.3. The van der Waals surface area contributed by atoms with Crippen LogP contribution in [0.1, 0.15) is 36.2 Å². The SMILES string of the molecule is CCOC(=O)c1cccc(OCC)c1NC(=O)CN1CCCN1Cc1ccccc1. The van der Waals surface area contributed by atoms with Crippen molar-refractivity contribution < 1.29 is 19.1 Å². The number of carbonyl (C=O) groups excluding carboxylic acids is 2. The van der Waals surface area contributed by atoms with Gasteiger partial charge in [-0.25, -0.2) is 14.8 Å². The summed E-state index contributed by atoms with van der Waals surface area (Å²) in [5.41, 5.74) is 1.85. The number of ether oxygens (including phenoxy) is 2. The number of hydrogen-bond donors (Lipinski definition) is 1. The van der Waals surface area contributed by atoms with E-state index in [9.17, 15) is 9.59 Å². The first kappa shape index (κ1) is 21.8. The number of hydrazine groups is 1. The van der Waals surface area contributed by atoms with Crippen LogP contribution in [0.5, 0.6) is 5.75 Å². The molecule has 2 aromatic carbocycles. The number of amides is 1. The van der Waals surface area contributed by atoms with Crippen molar-refractivity contribution in [3.05, 3.63) is 59.7 Å². The Morgan fingerprint density at radius 3 is 2.47 bits per heavy atom. The fourth-order valence-corrected chi connectivity index (χ4v) is 3.53. The predicted molar refractivity (Wildman–Crippen MR) is 115 cm³/mol. The Balaban J connectivity index is 1.71. The van der Waals surface area contributed by atoms with Crippen LogP contribution in [-0.2, 0) is 16.1 Å². The summed E-state index contributed by atoms with van der Waals surface area (Å²) < 4.78 is 10.8. The van der Waals surface area contributed by atoms with Crippen molar-refractivity contribution >= 4 is 17.6 Å². The molecule has 1 fully saturated rings. The van der Waals surface area contributed by atoms with Crippen molar-refractivity contribution in [2.45, 2.75) is 26.8 Å². The minimum absolute atomic E-state index is 0.201. The normalized spacial score (nSPS) is 14.5. The number of rotatable bonds is 9. The standard InChI is InChI=1S/C23H29N3O4/c1-3-29-20-13-8-12-19(23(28)30-4-2)22(20)24-21(27)17-26-15-9-14-25(26)16-18-10-6-5-7-11-18/h5-8,10-13H,3-4,9,14-17H2,1-2H3,(H,24,27). The van der Waals surface area contributed by atoms with Crippen molar-refractivity contribution in [2.24, 2.45) is 0 Å². The van der Waals surface area contributed by atoms with E-state index in [0.29, 0.717) is 23.6 Å². The summed E-state index contributed by atoms with van der Waals surface area (Å²) in [7, 11) is 0. The van der Waals surface area contributed by atoms with Gasteiger partial charge < -0.3 is 14.8 Å². The van der Waals surface area contributed by atoms with E-state index < -0.39 is 5.97 Å². The third-order valence-corrected chi connectivity index (χ3v) is 4.85. The maximum Gasteiger partial charge on any atom is 0.340 e. The molecule has 2 aromatic rings. The smallest absolute Gasteiger partial charge is 0.340 e. The average Bonchev–Trinajstić information content (AvgIpc) is 3.16. The molecule has 0 radical (unpaired) electrons. The molecule has 0 aliphatic carbocycles. The van der Waals surface area contributed by atoms with Crippen molar-refractivity contribution in [1.29, 1.82) is 0 Å². The molecule has 160 valence electrons. The number of carbonyl (C=O) groups is 2. The quantitative estimate of drug-likeness (QED) is 0.639. The highest BCUT2D eigenvalue weighted by atomic mass is 16.5. The van der Waals surface area contributed by atoms with Gasteiger partial charge in [-0.1, -0.05) is 36.4 Å². The minimum atomic E-state index is -0.485. The topological polar surface area (TPSA) is 71.1 Å². The van der Waals surface area contributed by atoms with Crippen LogP contribution in [0.25, 0.3) is 0 Å². The van der Waals surface area contributed by atoms with Gasteiger partial charge in [0.05, 0.1) is 31.0 Å². The summed E-state index contributed by atoms with van der Waals surface area (Å²) in [4.78, 5) is 25.2. The number of hydrogen-bond acceptors (Lipinski definition) is 6. The minimum Gasteiger partial charge on any atom is -0.492 e. The van der Waals surface area contributed by atoms with Crippen LogP contribution < -0.4 is 10.1 Å². The van der Waals surface area contributed by atoms with E-state index in [4.69, 9.17) is 9.47 Å². The monoisotopic (exact) mass is 411 g/mol. The third-order valence-electron chi connectivity index (χ3n) is 4.85. The van der Waals surface area contributed by atoms with Crippen molar-refractivity contribution in [2.75, 3.05) is 38.2 Å². The zero-order valence-corrected chi connectivity index (χ0v) is 17.6. The van der Waals surface area contributed by atoms with Gasteiger partial charge in [-0.15, -0.1) is 0 Å². The van der Waals surface area contributed by atoms with E-state index in [0.717, 1.165) is 26.1 Å². The van der Waals surface area contributed by atoms with E-state index in [1.807, 2.05) is 25.1 Å². The number of benzene rings is 2. The number of para-hydroxylation sites is 1. The molecule has 1 amide bonds. The molecule has 1 N–H and O–H groups in total. The molecule has 3 rings (SSSR count). The lowest BCUT2D eigenvalue weighted by Crippen LogP contribution is -2.41. The number of nitrogens with one attached hydrogen (secondary N) is 1. The lowest BCUT2D eigenvalue weighted by molar-refractivity contribution is -0.121. The summed E-state index contributed by atoms with van der Waals surface area (Å²) in [6.07, 6.45) is 1.00. The Bertz CT molecular complexity index is 857. The van der Waals surface area contributed by atoms with Crippen LogP contribution >= 0.6 is 0 Å². The predicted octanol–water partition coefficient (Wildman–Crippen LogP) is 3.32. The molecule has 0 bridgehead atoms. The molecule has 7 nitrogen and oxygen atoms in total. The van der Waals surface area contributed by atoms with E-state index in [1.54, 1.807) is 25.1 Å². The second-order valence-electron chi connectivity index (χ2n) is 7.00. The van der Waals surface area contributed by atoms with Gasteiger partial charge in [0.15, 0.2) is 0 Å². The summed E-state index contributed by atoms with van der Waals surface area (Å²) in [5.74, 6) is -0.229. The Kier molecular flexibility index (Phi) is 7.82. The van der Waals surface area contributed by atoms with Crippen LogP contribution in [0.4, 0.5) is 5.69 Å². The van der Waals surface area contributed by atoms with E-state index in [2.05, 4.69) is 27.5 Å². The molecule has 1 saturated heterocycles. The Morgan fingerprint density at radius 1 is 0.967 bits per heavy atom. The van der Waals surface area contributed by atoms with Gasteiger partial charge in [-0.05, 0) is 38.0 Å². The zero-order valence-electron chi connectivity index (χ0n) is 17.6. The van der Waals surface area contributed by atoms with Gasteiger partial charge in [-0.2, -0.15) is 0 Å². The first-order valence-electron chi connectivity index (χ1n) is 10.4. The molecule has 0 spiro atoms. The van der Waals surface area contributed by atoms with Crippen LogP contribution in [0.3, 0.4) is 0 Å². The third kappa shape index (κ3) is 5.58. The van der Waals surface area contributed by atoms with Gasteiger partial charge >= 0.3 is 5.97 Å². The molecule has 30 heavy (non-hydrogen) atoms.